The molecule has 1 saturated heterocycles. The van der Waals surface area contributed by atoms with Gasteiger partial charge in [0.2, 0.25) is 0 Å². The number of hydrogen-bond donors (Lipinski definition) is 1. The smallest absolute Gasteiger partial charge is 0.276 e. The minimum absolute atomic E-state index is 0.216. The molecule has 0 aliphatic carbocycles. The lowest BCUT2D eigenvalue weighted by Crippen LogP contribution is -2.21. The van der Waals surface area contributed by atoms with Crippen molar-refractivity contribution >= 4 is 0 Å². The van der Waals surface area contributed by atoms with Crippen LogP contribution in [-0.4, -0.2) is 21.7 Å². The van der Waals surface area contributed by atoms with Gasteiger partial charge in [-0.2, -0.15) is 4.98 Å². The Labute approximate surface area is 106 Å². The van der Waals surface area contributed by atoms with Crippen LogP contribution in [0.3, 0.4) is 0 Å². The van der Waals surface area contributed by atoms with E-state index < -0.39 is 0 Å². The fourth-order valence-electron chi connectivity index (χ4n) is 2.22. The van der Waals surface area contributed by atoms with Crippen LogP contribution in [0.1, 0.15) is 37.5 Å². The summed E-state index contributed by atoms with van der Waals surface area (Å²) in [5, 5.41) is 7.53. The maximum Gasteiger partial charge on any atom is 0.276 e. The second-order valence-corrected chi connectivity index (χ2v) is 4.53. The highest BCUT2D eigenvalue weighted by molar-refractivity contribution is 5.45. The topological polar surface area (TPSA) is 63.8 Å². The van der Waals surface area contributed by atoms with Crippen LogP contribution in [0.2, 0.25) is 0 Å². The molecule has 2 aromatic rings. The molecular formula is C13H16N4O. The lowest BCUT2D eigenvalue weighted by Gasteiger charge is -2.09. The summed E-state index contributed by atoms with van der Waals surface area (Å²) in [7, 11) is 0. The molecule has 1 fully saturated rings. The molecule has 0 spiro atoms. The number of hydrogen-bond acceptors (Lipinski definition) is 5. The standard InChI is InChI=1S/C13H16N4O/c1-2-6-10(14-8-4-1)12-16-13(18-17-12)11-7-3-5-9-15-11/h3,5,7,9-10,14H,1-2,4,6,8H2. The zero-order valence-corrected chi connectivity index (χ0v) is 10.2. The molecule has 0 aromatic carbocycles. The summed E-state index contributed by atoms with van der Waals surface area (Å²) in [6.45, 7) is 1.03. The van der Waals surface area contributed by atoms with Crippen LogP contribution in [0.15, 0.2) is 28.9 Å². The highest BCUT2D eigenvalue weighted by Gasteiger charge is 2.20. The first-order chi connectivity index (χ1) is 8.93. The van der Waals surface area contributed by atoms with Crippen molar-refractivity contribution < 1.29 is 4.52 Å². The molecule has 3 heterocycles. The Morgan fingerprint density at radius 3 is 3.11 bits per heavy atom. The molecule has 1 unspecified atom stereocenters. The van der Waals surface area contributed by atoms with E-state index in [1.54, 1.807) is 6.20 Å². The number of nitrogens with zero attached hydrogens (tertiary/aromatic N) is 3. The normalized spacial score (nSPS) is 20.6. The molecule has 1 atom stereocenters. The summed E-state index contributed by atoms with van der Waals surface area (Å²) in [4.78, 5) is 8.65. The van der Waals surface area contributed by atoms with E-state index in [-0.39, 0.29) is 6.04 Å². The zero-order chi connectivity index (χ0) is 12.2. The highest BCUT2D eigenvalue weighted by Crippen LogP contribution is 2.22. The summed E-state index contributed by atoms with van der Waals surface area (Å²) in [6.07, 6.45) is 6.51. The van der Waals surface area contributed by atoms with E-state index >= 15 is 0 Å². The van der Waals surface area contributed by atoms with Crippen LogP contribution in [0.25, 0.3) is 11.6 Å². The average molecular weight is 244 g/mol. The van der Waals surface area contributed by atoms with Crippen molar-refractivity contribution in [1.29, 1.82) is 0 Å². The molecule has 1 N–H and O–H groups in total. The van der Waals surface area contributed by atoms with E-state index in [0.717, 1.165) is 24.5 Å². The molecular weight excluding hydrogens is 228 g/mol. The van der Waals surface area contributed by atoms with E-state index in [9.17, 15) is 0 Å². The minimum Gasteiger partial charge on any atom is -0.332 e. The van der Waals surface area contributed by atoms with Crippen LogP contribution in [0.5, 0.6) is 0 Å². The number of aromatic nitrogens is 3. The molecule has 1 aliphatic rings. The first-order valence-corrected chi connectivity index (χ1v) is 6.42. The van der Waals surface area contributed by atoms with Crippen molar-refractivity contribution in [2.24, 2.45) is 0 Å². The highest BCUT2D eigenvalue weighted by atomic mass is 16.5. The number of pyridine rings is 1. The van der Waals surface area contributed by atoms with Gasteiger partial charge >= 0.3 is 0 Å². The summed E-state index contributed by atoms with van der Waals surface area (Å²) in [5.41, 5.74) is 0.727. The molecule has 0 saturated carbocycles. The largest absolute Gasteiger partial charge is 0.332 e. The van der Waals surface area contributed by atoms with Crippen molar-refractivity contribution in [2.75, 3.05) is 6.54 Å². The van der Waals surface area contributed by atoms with Gasteiger partial charge in [0.25, 0.3) is 5.89 Å². The molecule has 5 heteroatoms. The van der Waals surface area contributed by atoms with Crippen molar-refractivity contribution in [3.8, 4) is 11.6 Å². The summed E-state index contributed by atoms with van der Waals surface area (Å²) < 4.78 is 5.28. The third-order valence-electron chi connectivity index (χ3n) is 3.20. The Kier molecular flexibility index (Phi) is 3.32. The van der Waals surface area contributed by atoms with Crippen molar-refractivity contribution in [3.05, 3.63) is 30.2 Å². The predicted octanol–water partition coefficient (Wildman–Crippen LogP) is 2.34. The van der Waals surface area contributed by atoms with Crippen molar-refractivity contribution in [3.63, 3.8) is 0 Å². The number of rotatable bonds is 2. The lowest BCUT2D eigenvalue weighted by molar-refractivity contribution is 0.401. The summed E-state index contributed by atoms with van der Waals surface area (Å²) >= 11 is 0. The maximum absolute atomic E-state index is 5.28. The Morgan fingerprint density at radius 2 is 2.22 bits per heavy atom. The lowest BCUT2D eigenvalue weighted by atomic mass is 10.1. The molecule has 0 amide bonds. The van der Waals surface area contributed by atoms with Gasteiger partial charge in [-0.1, -0.05) is 24.1 Å². The quantitative estimate of drug-likeness (QED) is 0.878. The molecule has 5 nitrogen and oxygen atoms in total. The Hall–Kier alpha value is -1.75. The molecule has 94 valence electrons. The van der Waals surface area contributed by atoms with E-state index in [2.05, 4.69) is 20.4 Å². The zero-order valence-electron chi connectivity index (χ0n) is 10.2. The van der Waals surface area contributed by atoms with Gasteiger partial charge in [0.05, 0.1) is 6.04 Å². The third-order valence-corrected chi connectivity index (χ3v) is 3.20. The van der Waals surface area contributed by atoms with Gasteiger partial charge in [0.1, 0.15) is 5.69 Å². The van der Waals surface area contributed by atoms with E-state index in [0.29, 0.717) is 5.89 Å². The SMILES string of the molecule is c1ccc(-c2nc(C3CCCCCN3)no2)nc1. The van der Waals surface area contributed by atoms with Crippen LogP contribution < -0.4 is 5.32 Å². The van der Waals surface area contributed by atoms with Crippen molar-refractivity contribution in [2.45, 2.75) is 31.7 Å². The predicted molar refractivity (Wildman–Crippen MR) is 66.7 cm³/mol. The summed E-state index contributed by atoms with van der Waals surface area (Å²) in [5.74, 6) is 1.24. The van der Waals surface area contributed by atoms with Gasteiger partial charge in [-0.15, -0.1) is 0 Å². The van der Waals surface area contributed by atoms with Gasteiger partial charge in [-0.3, -0.25) is 4.98 Å². The van der Waals surface area contributed by atoms with Crippen LogP contribution >= 0.6 is 0 Å². The van der Waals surface area contributed by atoms with Crippen LogP contribution in [0, 0.1) is 0 Å². The second-order valence-electron chi connectivity index (χ2n) is 4.53. The average Bonchev–Trinajstić information content (AvgIpc) is 2.76. The third kappa shape index (κ3) is 2.41. The molecule has 1 aliphatic heterocycles. The van der Waals surface area contributed by atoms with E-state index in [1.807, 2.05) is 18.2 Å². The Morgan fingerprint density at radius 1 is 1.22 bits per heavy atom. The van der Waals surface area contributed by atoms with Crippen LogP contribution in [0.4, 0.5) is 0 Å². The fraction of sp³-hybridized carbons (Fsp3) is 0.462. The van der Waals surface area contributed by atoms with Crippen LogP contribution in [-0.2, 0) is 0 Å². The Balaban J connectivity index is 1.80. The molecule has 0 radical (unpaired) electrons. The fourth-order valence-corrected chi connectivity index (χ4v) is 2.22. The first kappa shape index (κ1) is 11.3. The van der Waals surface area contributed by atoms with Gasteiger partial charge < -0.3 is 9.84 Å². The molecule has 18 heavy (non-hydrogen) atoms. The van der Waals surface area contributed by atoms with Gasteiger partial charge in [-0.05, 0) is 31.5 Å². The van der Waals surface area contributed by atoms with Gasteiger partial charge in [0, 0.05) is 6.20 Å². The van der Waals surface area contributed by atoms with Crippen molar-refractivity contribution in [1.82, 2.24) is 20.4 Å². The Bertz CT molecular complexity index is 489. The molecule has 0 bridgehead atoms. The van der Waals surface area contributed by atoms with E-state index in [1.165, 1.54) is 19.3 Å². The van der Waals surface area contributed by atoms with Gasteiger partial charge in [0.15, 0.2) is 5.82 Å². The van der Waals surface area contributed by atoms with Gasteiger partial charge in [-0.25, -0.2) is 0 Å². The number of nitrogens with one attached hydrogen (secondary N) is 1. The first-order valence-electron chi connectivity index (χ1n) is 6.42. The second kappa shape index (κ2) is 5.27. The molecule has 3 rings (SSSR count). The van der Waals surface area contributed by atoms with E-state index in [4.69, 9.17) is 4.52 Å². The molecule has 2 aromatic heterocycles. The maximum atomic E-state index is 5.28. The monoisotopic (exact) mass is 244 g/mol. The minimum atomic E-state index is 0.216. The summed E-state index contributed by atoms with van der Waals surface area (Å²) in [6, 6.07) is 5.87.